The minimum absolute atomic E-state index is 0.810. The molecule has 18 heavy (non-hydrogen) atoms. The van der Waals surface area contributed by atoms with Crippen LogP contribution in [0.2, 0.25) is 0 Å². The molecule has 0 N–H and O–H groups in total. The molecule has 3 aromatic rings. The molecule has 0 fully saturated rings. The summed E-state index contributed by atoms with van der Waals surface area (Å²) < 4.78 is 7.45. The van der Waals surface area contributed by atoms with Crippen LogP contribution in [0, 0.1) is 0 Å². The summed E-state index contributed by atoms with van der Waals surface area (Å²) in [6.07, 6.45) is 0. The molecule has 2 aromatic carbocycles. The minimum atomic E-state index is 0.810. The summed E-state index contributed by atoms with van der Waals surface area (Å²) in [5, 5.41) is 0. The molecule has 90 valence electrons. The van der Waals surface area contributed by atoms with Crippen LogP contribution in [0.4, 0.5) is 0 Å². The number of aryl methyl sites for hydroxylation is 1. The third-order valence-corrected chi connectivity index (χ3v) is 3.13. The van der Waals surface area contributed by atoms with Gasteiger partial charge in [-0.05, 0) is 12.1 Å². The lowest BCUT2D eigenvalue weighted by atomic mass is 10.2. The monoisotopic (exact) mass is 238 g/mol. The maximum Gasteiger partial charge on any atom is 0.146 e. The number of para-hydroxylation sites is 1. The number of hydrogen-bond donors (Lipinski definition) is 0. The lowest BCUT2D eigenvalue weighted by Crippen LogP contribution is -1.91. The first kappa shape index (κ1) is 10.8. The maximum atomic E-state index is 5.36. The van der Waals surface area contributed by atoms with Gasteiger partial charge >= 0.3 is 0 Å². The average molecular weight is 238 g/mol. The quantitative estimate of drug-likeness (QED) is 0.685. The van der Waals surface area contributed by atoms with Gasteiger partial charge in [-0.15, -0.1) is 0 Å². The Morgan fingerprint density at radius 1 is 1.00 bits per heavy atom. The molecule has 1 heterocycles. The van der Waals surface area contributed by atoms with E-state index in [2.05, 4.69) is 22.8 Å². The second-order valence-corrected chi connectivity index (χ2v) is 4.19. The summed E-state index contributed by atoms with van der Waals surface area (Å²) in [6.45, 7) is 0. The van der Waals surface area contributed by atoms with Gasteiger partial charge in [-0.1, -0.05) is 36.4 Å². The summed E-state index contributed by atoms with van der Waals surface area (Å²) in [7, 11) is 3.70. The van der Waals surface area contributed by atoms with Gasteiger partial charge in [0.1, 0.15) is 17.1 Å². The van der Waals surface area contributed by atoms with Gasteiger partial charge in [0.05, 0.1) is 12.6 Å². The van der Waals surface area contributed by atoms with Crippen LogP contribution in [0.25, 0.3) is 22.4 Å². The van der Waals surface area contributed by atoms with Crippen molar-refractivity contribution in [2.24, 2.45) is 7.05 Å². The number of hydrogen-bond acceptors (Lipinski definition) is 2. The molecule has 3 nitrogen and oxygen atoms in total. The summed E-state index contributed by atoms with van der Waals surface area (Å²) >= 11 is 0. The number of ether oxygens (including phenoxy) is 1. The van der Waals surface area contributed by atoms with Crippen LogP contribution in [0.3, 0.4) is 0 Å². The smallest absolute Gasteiger partial charge is 0.146 e. The molecule has 1 aromatic heterocycles. The van der Waals surface area contributed by atoms with E-state index in [-0.39, 0.29) is 0 Å². The van der Waals surface area contributed by atoms with Crippen LogP contribution in [-0.4, -0.2) is 16.7 Å². The Hall–Kier alpha value is -2.29. The molecule has 0 aliphatic rings. The molecule has 0 unspecified atom stereocenters. The van der Waals surface area contributed by atoms with Crippen LogP contribution in [0.5, 0.6) is 5.75 Å². The number of aromatic nitrogens is 2. The lowest BCUT2D eigenvalue weighted by Gasteiger charge is -2.02. The number of nitrogens with zero attached hydrogens (tertiary/aromatic N) is 2. The predicted molar refractivity (Wildman–Crippen MR) is 72.7 cm³/mol. The fraction of sp³-hybridized carbons (Fsp3) is 0.133. The largest absolute Gasteiger partial charge is 0.494 e. The normalized spacial score (nSPS) is 10.8. The third-order valence-electron chi connectivity index (χ3n) is 3.13. The van der Waals surface area contributed by atoms with Crippen LogP contribution < -0.4 is 4.74 Å². The molecule has 0 aliphatic heterocycles. The first-order valence-corrected chi connectivity index (χ1v) is 5.86. The van der Waals surface area contributed by atoms with Gasteiger partial charge in [0.25, 0.3) is 0 Å². The van der Waals surface area contributed by atoms with Gasteiger partial charge < -0.3 is 9.30 Å². The standard InChI is InChI=1S/C15H14N2O/c1-17-12-9-6-10-13(18-2)14(12)16-15(17)11-7-4-3-5-8-11/h3-10H,1-2H3. The maximum absolute atomic E-state index is 5.36. The Morgan fingerprint density at radius 2 is 1.78 bits per heavy atom. The third kappa shape index (κ3) is 1.56. The van der Waals surface area contributed by atoms with E-state index in [4.69, 9.17) is 9.72 Å². The summed E-state index contributed by atoms with van der Waals surface area (Å²) in [4.78, 5) is 4.69. The van der Waals surface area contributed by atoms with Crippen molar-refractivity contribution in [1.82, 2.24) is 9.55 Å². The highest BCUT2D eigenvalue weighted by Crippen LogP contribution is 2.29. The van der Waals surface area contributed by atoms with E-state index < -0.39 is 0 Å². The highest BCUT2D eigenvalue weighted by atomic mass is 16.5. The minimum Gasteiger partial charge on any atom is -0.494 e. The van der Waals surface area contributed by atoms with Crippen molar-refractivity contribution in [2.75, 3.05) is 7.11 Å². The summed E-state index contributed by atoms with van der Waals surface area (Å²) in [5.41, 5.74) is 3.09. The van der Waals surface area contributed by atoms with Gasteiger partial charge in [-0.2, -0.15) is 0 Å². The van der Waals surface area contributed by atoms with Crippen molar-refractivity contribution >= 4 is 11.0 Å². The first-order valence-electron chi connectivity index (χ1n) is 5.86. The fourth-order valence-corrected chi connectivity index (χ4v) is 2.20. The number of methoxy groups -OCH3 is 1. The SMILES string of the molecule is COc1cccc2c1nc(-c1ccccc1)n2C. The zero-order chi connectivity index (χ0) is 12.5. The first-order chi connectivity index (χ1) is 8.81. The van der Waals surface area contributed by atoms with Gasteiger partial charge in [-0.25, -0.2) is 4.98 Å². The Bertz CT molecular complexity index is 686. The molecule has 0 saturated carbocycles. The van der Waals surface area contributed by atoms with Crippen LogP contribution in [0.1, 0.15) is 0 Å². The second kappa shape index (κ2) is 4.18. The Morgan fingerprint density at radius 3 is 2.50 bits per heavy atom. The number of fused-ring (bicyclic) bond motifs is 1. The van der Waals surface area contributed by atoms with Crippen molar-refractivity contribution in [2.45, 2.75) is 0 Å². The Kier molecular flexibility index (Phi) is 2.52. The van der Waals surface area contributed by atoms with E-state index >= 15 is 0 Å². The van der Waals surface area contributed by atoms with Crippen LogP contribution in [-0.2, 0) is 7.05 Å². The second-order valence-electron chi connectivity index (χ2n) is 4.19. The van der Waals surface area contributed by atoms with Gasteiger partial charge in [0.2, 0.25) is 0 Å². The van der Waals surface area contributed by atoms with Crippen molar-refractivity contribution in [3.8, 4) is 17.1 Å². The molecule has 0 saturated heterocycles. The molecular weight excluding hydrogens is 224 g/mol. The van der Waals surface area contributed by atoms with Crippen molar-refractivity contribution in [3.05, 3.63) is 48.5 Å². The highest BCUT2D eigenvalue weighted by molar-refractivity contribution is 5.85. The summed E-state index contributed by atoms with van der Waals surface area (Å²) in [6, 6.07) is 16.1. The Labute approximate surface area is 106 Å². The molecule has 3 rings (SSSR count). The van der Waals surface area contributed by atoms with E-state index in [1.807, 2.05) is 37.4 Å². The van der Waals surface area contributed by atoms with E-state index in [9.17, 15) is 0 Å². The molecule has 0 amide bonds. The molecule has 0 atom stereocenters. The van der Waals surface area contributed by atoms with Gasteiger partial charge in [0.15, 0.2) is 0 Å². The molecule has 0 bridgehead atoms. The van der Waals surface area contributed by atoms with Crippen LogP contribution >= 0.6 is 0 Å². The van der Waals surface area contributed by atoms with Gasteiger partial charge in [0, 0.05) is 12.6 Å². The van der Waals surface area contributed by atoms with Gasteiger partial charge in [-0.3, -0.25) is 0 Å². The van der Waals surface area contributed by atoms with E-state index in [0.29, 0.717) is 0 Å². The molecule has 0 aliphatic carbocycles. The molecule has 0 radical (unpaired) electrons. The van der Waals surface area contributed by atoms with E-state index in [0.717, 1.165) is 28.2 Å². The number of benzene rings is 2. The lowest BCUT2D eigenvalue weighted by molar-refractivity contribution is 0.419. The zero-order valence-corrected chi connectivity index (χ0v) is 10.4. The predicted octanol–water partition coefficient (Wildman–Crippen LogP) is 3.25. The average Bonchev–Trinajstić information content (AvgIpc) is 2.77. The Balaban J connectivity index is 2.29. The summed E-state index contributed by atoms with van der Waals surface area (Å²) in [5.74, 6) is 1.76. The van der Waals surface area contributed by atoms with E-state index in [1.165, 1.54) is 0 Å². The van der Waals surface area contributed by atoms with Crippen LogP contribution in [0.15, 0.2) is 48.5 Å². The molecule has 0 spiro atoms. The number of rotatable bonds is 2. The fourth-order valence-electron chi connectivity index (χ4n) is 2.20. The molecule has 3 heteroatoms. The molecular formula is C15H14N2O. The van der Waals surface area contributed by atoms with Crippen molar-refractivity contribution < 1.29 is 4.74 Å². The number of imidazole rings is 1. The van der Waals surface area contributed by atoms with E-state index in [1.54, 1.807) is 7.11 Å². The topological polar surface area (TPSA) is 27.1 Å². The van der Waals surface area contributed by atoms with Crippen molar-refractivity contribution in [1.29, 1.82) is 0 Å². The zero-order valence-electron chi connectivity index (χ0n) is 10.4. The van der Waals surface area contributed by atoms with Crippen molar-refractivity contribution in [3.63, 3.8) is 0 Å². The highest BCUT2D eigenvalue weighted by Gasteiger charge is 2.12.